The first-order valence-electron chi connectivity index (χ1n) is 4.29. The van der Waals surface area contributed by atoms with Crippen molar-refractivity contribution < 1.29 is 0 Å². The highest BCUT2D eigenvalue weighted by Gasteiger charge is 2.44. The summed E-state index contributed by atoms with van der Waals surface area (Å²) in [5.74, 6) is 0. The van der Waals surface area contributed by atoms with Crippen molar-refractivity contribution in [2.45, 2.75) is 32.9 Å². The third-order valence-electron chi connectivity index (χ3n) is 2.53. The molecule has 0 aromatic carbocycles. The van der Waals surface area contributed by atoms with Gasteiger partial charge in [-0.15, -0.1) is 11.3 Å². The number of nitrogens with one attached hydrogen (secondary N) is 1. The van der Waals surface area contributed by atoms with Crippen LogP contribution in [0.5, 0.6) is 0 Å². The van der Waals surface area contributed by atoms with Crippen LogP contribution >= 0.6 is 11.3 Å². The molecule has 1 unspecified atom stereocenters. The van der Waals surface area contributed by atoms with E-state index in [0.717, 1.165) is 6.54 Å². The van der Waals surface area contributed by atoms with Gasteiger partial charge in [0.25, 0.3) is 0 Å². The highest BCUT2D eigenvalue weighted by atomic mass is 32.1. The van der Waals surface area contributed by atoms with Gasteiger partial charge in [0, 0.05) is 18.0 Å². The normalized spacial score (nSPS) is 25.7. The Kier molecular flexibility index (Phi) is 1.93. The summed E-state index contributed by atoms with van der Waals surface area (Å²) in [6.07, 6.45) is 1.30. The second-order valence-corrected chi connectivity index (χ2v) is 4.82. The first kappa shape index (κ1) is 8.20. The second-order valence-electron chi connectivity index (χ2n) is 4.11. The van der Waals surface area contributed by atoms with E-state index < -0.39 is 0 Å². The fourth-order valence-electron chi connectivity index (χ4n) is 1.37. The fourth-order valence-corrected chi connectivity index (χ4v) is 1.93. The minimum absolute atomic E-state index is 0.524. The predicted molar refractivity (Wildman–Crippen MR) is 51.1 cm³/mol. The van der Waals surface area contributed by atoms with Gasteiger partial charge in [0.2, 0.25) is 0 Å². The van der Waals surface area contributed by atoms with Crippen molar-refractivity contribution in [2.75, 3.05) is 0 Å². The van der Waals surface area contributed by atoms with Crippen LogP contribution in [-0.4, -0.2) is 11.0 Å². The third kappa shape index (κ3) is 1.67. The molecule has 1 aliphatic rings. The Morgan fingerprint density at radius 3 is 3.00 bits per heavy atom. The lowest BCUT2D eigenvalue weighted by Gasteiger charge is -2.03. The molecule has 12 heavy (non-hydrogen) atoms. The highest BCUT2D eigenvalue weighted by molar-refractivity contribution is 7.07. The van der Waals surface area contributed by atoms with Crippen LogP contribution in [-0.2, 0) is 6.54 Å². The molecule has 0 radical (unpaired) electrons. The minimum atomic E-state index is 0.524. The highest BCUT2D eigenvalue weighted by Crippen LogP contribution is 2.44. The Bertz CT molecular complexity index is 254. The fraction of sp³-hybridized carbons (Fsp3) is 0.667. The van der Waals surface area contributed by atoms with Crippen LogP contribution in [0.15, 0.2) is 10.9 Å². The molecule has 1 aliphatic carbocycles. The maximum Gasteiger partial charge on any atom is 0.0795 e. The van der Waals surface area contributed by atoms with Crippen LogP contribution in [0, 0.1) is 5.41 Å². The van der Waals surface area contributed by atoms with Crippen LogP contribution in [0.3, 0.4) is 0 Å². The lowest BCUT2D eigenvalue weighted by atomic mass is 10.2. The average Bonchev–Trinajstić information content (AvgIpc) is 2.54. The van der Waals surface area contributed by atoms with E-state index in [4.69, 9.17) is 0 Å². The Labute approximate surface area is 77.0 Å². The predicted octanol–water partition coefficient (Wildman–Crippen LogP) is 2.03. The number of rotatable bonds is 3. The molecule has 0 amide bonds. The van der Waals surface area contributed by atoms with Crippen molar-refractivity contribution >= 4 is 11.3 Å². The molecular weight excluding hydrogens is 168 g/mol. The summed E-state index contributed by atoms with van der Waals surface area (Å²) in [6.45, 7) is 5.52. The van der Waals surface area contributed by atoms with Crippen LogP contribution in [0.2, 0.25) is 0 Å². The third-order valence-corrected chi connectivity index (χ3v) is 3.16. The van der Waals surface area contributed by atoms with E-state index in [1.165, 1.54) is 12.1 Å². The van der Waals surface area contributed by atoms with E-state index in [1.807, 2.05) is 5.51 Å². The summed E-state index contributed by atoms with van der Waals surface area (Å²) in [7, 11) is 0. The molecule has 2 rings (SSSR count). The van der Waals surface area contributed by atoms with Gasteiger partial charge < -0.3 is 5.32 Å². The molecule has 66 valence electrons. The van der Waals surface area contributed by atoms with Crippen LogP contribution < -0.4 is 5.32 Å². The average molecular weight is 182 g/mol. The quantitative estimate of drug-likeness (QED) is 0.773. The Morgan fingerprint density at radius 2 is 2.50 bits per heavy atom. The van der Waals surface area contributed by atoms with E-state index in [-0.39, 0.29) is 0 Å². The zero-order valence-corrected chi connectivity index (χ0v) is 8.32. The van der Waals surface area contributed by atoms with E-state index in [9.17, 15) is 0 Å². The van der Waals surface area contributed by atoms with Crippen molar-refractivity contribution in [3.63, 3.8) is 0 Å². The van der Waals surface area contributed by atoms with Crippen molar-refractivity contribution in [2.24, 2.45) is 5.41 Å². The molecular formula is C9H14N2S. The summed E-state index contributed by atoms with van der Waals surface area (Å²) >= 11 is 1.66. The maximum absolute atomic E-state index is 4.22. The largest absolute Gasteiger partial charge is 0.308 e. The zero-order valence-electron chi connectivity index (χ0n) is 7.50. The maximum atomic E-state index is 4.22. The Hall–Kier alpha value is -0.410. The number of nitrogens with zero attached hydrogens (tertiary/aromatic N) is 1. The minimum Gasteiger partial charge on any atom is -0.308 e. The topological polar surface area (TPSA) is 24.9 Å². The molecule has 1 aromatic rings. The summed E-state index contributed by atoms with van der Waals surface area (Å²) < 4.78 is 0. The summed E-state index contributed by atoms with van der Waals surface area (Å²) in [4.78, 5) is 4.22. The number of hydrogen-bond donors (Lipinski definition) is 1. The van der Waals surface area contributed by atoms with E-state index in [0.29, 0.717) is 11.5 Å². The molecule has 1 aromatic heterocycles. The van der Waals surface area contributed by atoms with Crippen molar-refractivity contribution in [3.8, 4) is 0 Å². The van der Waals surface area contributed by atoms with E-state index >= 15 is 0 Å². The lowest BCUT2D eigenvalue weighted by Crippen LogP contribution is -2.19. The molecule has 1 atom stereocenters. The molecule has 1 saturated carbocycles. The van der Waals surface area contributed by atoms with Gasteiger partial charge in [-0.05, 0) is 11.8 Å². The molecule has 1 N–H and O–H groups in total. The van der Waals surface area contributed by atoms with Crippen molar-refractivity contribution in [1.82, 2.24) is 10.3 Å². The SMILES string of the molecule is CC1(C)CC1NCc1cscn1. The monoisotopic (exact) mass is 182 g/mol. The number of thiazole rings is 1. The summed E-state index contributed by atoms with van der Waals surface area (Å²) in [6, 6.07) is 0.708. The Morgan fingerprint density at radius 1 is 1.75 bits per heavy atom. The van der Waals surface area contributed by atoms with Crippen molar-refractivity contribution in [1.29, 1.82) is 0 Å². The first-order chi connectivity index (χ1) is 5.68. The van der Waals surface area contributed by atoms with Gasteiger partial charge in [0.05, 0.1) is 11.2 Å². The van der Waals surface area contributed by atoms with Gasteiger partial charge in [0.1, 0.15) is 0 Å². The number of hydrogen-bond acceptors (Lipinski definition) is 3. The van der Waals surface area contributed by atoms with Gasteiger partial charge in [0.15, 0.2) is 0 Å². The van der Waals surface area contributed by atoms with Crippen LogP contribution in [0.1, 0.15) is 26.0 Å². The van der Waals surface area contributed by atoms with Gasteiger partial charge in [-0.1, -0.05) is 13.8 Å². The molecule has 0 aliphatic heterocycles. The summed E-state index contributed by atoms with van der Waals surface area (Å²) in [5, 5.41) is 5.59. The van der Waals surface area contributed by atoms with Crippen LogP contribution in [0.25, 0.3) is 0 Å². The molecule has 2 nitrogen and oxygen atoms in total. The molecule has 3 heteroatoms. The molecule has 1 heterocycles. The summed E-state index contributed by atoms with van der Waals surface area (Å²) in [5.41, 5.74) is 3.58. The standard InChI is InChI=1S/C9H14N2S/c1-9(2)3-8(9)10-4-7-5-12-6-11-7/h5-6,8,10H,3-4H2,1-2H3. The van der Waals surface area contributed by atoms with E-state index in [1.54, 1.807) is 11.3 Å². The smallest absolute Gasteiger partial charge is 0.0795 e. The first-order valence-corrected chi connectivity index (χ1v) is 5.23. The van der Waals surface area contributed by atoms with E-state index in [2.05, 4.69) is 29.5 Å². The molecule has 1 fully saturated rings. The lowest BCUT2D eigenvalue weighted by molar-refractivity contribution is 0.539. The molecule has 0 bridgehead atoms. The zero-order chi connectivity index (χ0) is 8.60. The van der Waals surface area contributed by atoms with Crippen LogP contribution in [0.4, 0.5) is 0 Å². The van der Waals surface area contributed by atoms with Gasteiger partial charge in [-0.2, -0.15) is 0 Å². The van der Waals surface area contributed by atoms with Crippen molar-refractivity contribution in [3.05, 3.63) is 16.6 Å². The van der Waals surface area contributed by atoms with Gasteiger partial charge in [-0.3, -0.25) is 0 Å². The number of aromatic nitrogens is 1. The second kappa shape index (κ2) is 2.82. The Balaban J connectivity index is 1.78. The van der Waals surface area contributed by atoms with Gasteiger partial charge in [-0.25, -0.2) is 4.98 Å². The molecule has 0 saturated heterocycles. The van der Waals surface area contributed by atoms with Gasteiger partial charge >= 0.3 is 0 Å². The molecule has 0 spiro atoms.